The van der Waals surface area contributed by atoms with Crippen LogP contribution in [0.1, 0.15) is 38.7 Å². The maximum atomic E-state index is 5.44. The van der Waals surface area contributed by atoms with E-state index in [1.807, 2.05) is 7.05 Å². The van der Waals surface area contributed by atoms with E-state index in [1.54, 1.807) is 6.33 Å². The van der Waals surface area contributed by atoms with Crippen molar-refractivity contribution in [3.05, 3.63) is 11.9 Å². The fourth-order valence-electron chi connectivity index (χ4n) is 2.46. The van der Waals surface area contributed by atoms with E-state index in [0.29, 0.717) is 0 Å². The van der Waals surface area contributed by atoms with Gasteiger partial charge < -0.3 is 15.4 Å². The maximum Gasteiger partial charge on any atom is 0.135 e. The van der Waals surface area contributed by atoms with Crippen LogP contribution < -0.4 is 10.6 Å². The first-order valence-corrected chi connectivity index (χ1v) is 7.06. The fraction of sp³-hybridized carbons (Fsp3) is 0.714. The van der Waals surface area contributed by atoms with Crippen LogP contribution in [0.5, 0.6) is 0 Å². The van der Waals surface area contributed by atoms with Crippen molar-refractivity contribution < 1.29 is 4.74 Å². The van der Waals surface area contributed by atoms with Gasteiger partial charge in [0.15, 0.2) is 0 Å². The molecule has 0 radical (unpaired) electrons. The number of aromatic nitrogens is 2. The summed E-state index contributed by atoms with van der Waals surface area (Å²) in [6, 6.07) is 0. The second-order valence-corrected chi connectivity index (χ2v) is 5.35. The van der Waals surface area contributed by atoms with Gasteiger partial charge in [0.2, 0.25) is 0 Å². The minimum absolute atomic E-state index is 0.0695. The van der Waals surface area contributed by atoms with Gasteiger partial charge in [-0.3, -0.25) is 0 Å². The third-order valence-electron chi connectivity index (χ3n) is 3.70. The maximum absolute atomic E-state index is 5.44. The summed E-state index contributed by atoms with van der Waals surface area (Å²) in [5.41, 5.74) is 1.25. The molecule has 0 amide bonds. The van der Waals surface area contributed by atoms with Gasteiger partial charge in [-0.2, -0.15) is 0 Å². The van der Waals surface area contributed by atoms with E-state index < -0.39 is 0 Å². The molecule has 0 aliphatic carbocycles. The molecule has 106 valence electrons. The number of nitrogens with zero attached hydrogens (tertiary/aromatic N) is 2. The molecule has 0 saturated carbocycles. The Morgan fingerprint density at radius 3 is 2.58 bits per heavy atom. The number of anilines is 2. The van der Waals surface area contributed by atoms with E-state index in [9.17, 15) is 0 Å². The van der Waals surface area contributed by atoms with E-state index >= 15 is 0 Å². The van der Waals surface area contributed by atoms with Gasteiger partial charge in [-0.15, -0.1) is 0 Å². The zero-order valence-corrected chi connectivity index (χ0v) is 12.1. The van der Waals surface area contributed by atoms with E-state index in [4.69, 9.17) is 4.74 Å². The van der Waals surface area contributed by atoms with Gasteiger partial charge in [-0.05, 0) is 26.2 Å². The summed E-state index contributed by atoms with van der Waals surface area (Å²) in [7, 11) is 1.90. The van der Waals surface area contributed by atoms with Crippen molar-refractivity contribution in [1.82, 2.24) is 9.97 Å². The number of ether oxygens (including phenoxy) is 1. The van der Waals surface area contributed by atoms with Gasteiger partial charge in [-0.1, -0.05) is 13.3 Å². The minimum atomic E-state index is 0.0695. The topological polar surface area (TPSA) is 59.1 Å². The molecule has 0 aromatic carbocycles. The average molecular weight is 264 g/mol. The number of rotatable bonds is 5. The minimum Gasteiger partial charge on any atom is -0.381 e. The molecular weight excluding hydrogens is 240 g/mol. The van der Waals surface area contributed by atoms with Gasteiger partial charge in [0.1, 0.15) is 18.0 Å². The van der Waals surface area contributed by atoms with E-state index in [0.717, 1.165) is 50.5 Å². The molecule has 0 spiro atoms. The van der Waals surface area contributed by atoms with Crippen molar-refractivity contribution in [1.29, 1.82) is 0 Å². The summed E-state index contributed by atoms with van der Waals surface area (Å²) in [6.45, 7) is 6.05. The fourth-order valence-corrected chi connectivity index (χ4v) is 2.46. The van der Waals surface area contributed by atoms with Crippen LogP contribution in [0.15, 0.2) is 6.33 Å². The lowest BCUT2D eigenvalue weighted by molar-refractivity contribution is 0.0657. The highest BCUT2D eigenvalue weighted by molar-refractivity contribution is 5.58. The smallest absolute Gasteiger partial charge is 0.135 e. The van der Waals surface area contributed by atoms with Crippen molar-refractivity contribution in [3.8, 4) is 0 Å². The second kappa shape index (κ2) is 6.19. The predicted octanol–water partition coefficient (Wildman–Crippen LogP) is 2.45. The highest BCUT2D eigenvalue weighted by atomic mass is 16.5. The van der Waals surface area contributed by atoms with E-state index in [2.05, 4.69) is 34.4 Å². The molecule has 2 N–H and O–H groups in total. The molecule has 1 aliphatic rings. The van der Waals surface area contributed by atoms with Crippen LogP contribution in [-0.4, -0.2) is 35.8 Å². The predicted molar refractivity (Wildman–Crippen MR) is 77.7 cm³/mol. The first-order chi connectivity index (χ1) is 9.18. The largest absolute Gasteiger partial charge is 0.381 e. The molecule has 1 aromatic rings. The summed E-state index contributed by atoms with van der Waals surface area (Å²) in [5.74, 6) is 1.89. The highest BCUT2D eigenvalue weighted by Crippen LogP contribution is 2.28. The molecule has 2 heterocycles. The third kappa shape index (κ3) is 3.35. The molecule has 5 heteroatoms. The summed E-state index contributed by atoms with van der Waals surface area (Å²) in [6.07, 6.45) is 5.70. The molecule has 0 unspecified atom stereocenters. The zero-order valence-electron chi connectivity index (χ0n) is 12.1. The molecule has 1 fully saturated rings. The van der Waals surface area contributed by atoms with Crippen LogP contribution in [0, 0.1) is 0 Å². The van der Waals surface area contributed by atoms with E-state index in [-0.39, 0.29) is 5.54 Å². The van der Waals surface area contributed by atoms with Crippen molar-refractivity contribution in [2.45, 2.75) is 45.1 Å². The summed E-state index contributed by atoms with van der Waals surface area (Å²) < 4.78 is 5.44. The quantitative estimate of drug-likeness (QED) is 0.855. The highest BCUT2D eigenvalue weighted by Gasteiger charge is 2.28. The van der Waals surface area contributed by atoms with E-state index in [1.165, 1.54) is 5.56 Å². The van der Waals surface area contributed by atoms with Crippen molar-refractivity contribution >= 4 is 11.6 Å². The number of hydrogen-bond acceptors (Lipinski definition) is 5. The molecule has 0 bridgehead atoms. The van der Waals surface area contributed by atoms with Crippen molar-refractivity contribution in [3.63, 3.8) is 0 Å². The van der Waals surface area contributed by atoms with Crippen LogP contribution in [0.2, 0.25) is 0 Å². The lowest BCUT2D eigenvalue weighted by Crippen LogP contribution is -2.41. The van der Waals surface area contributed by atoms with Crippen LogP contribution in [0.4, 0.5) is 11.6 Å². The SMILES string of the molecule is CCCc1c(NC)ncnc1NC1(C)CCOCC1. The standard InChI is InChI=1S/C14H24N4O/c1-4-5-11-12(15-3)16-10-17-13(11)18-14(2)6-8-19-9-7-14/h10H,4-9H2,1-3H3,(H2,15,16,17,18). The molecule has 2 rings (SSSR count). The van der Waals surface area contributed by atoms with Crippen LogP contribution >= 0.6 is 0 Å². The molecule has 1 saturated heterocycles. The molecule has 1 aliphatic heterocycles. The number of hydrogen-bond donors (Lipinski definition) is 2. The Morgan fingerprint density at radius 2 is 1.95 bits per heavy atom. The Hall–Kier alpha value is -1.36. The monoisotopic (exact) mass is 264 g/mol. The first-order valence-electron chi connectivity index (χ1n) is 7.06. The Kier molecular flexibility index (Phi) is 4.58. The van der Waals surface area contributed by atoms with Crippen molar-refractivity contribution in [2.75, 3.05) is 30.9 Å². The van der Waals surface area contributed by atoms with Crippen LogP contribution in [0.3, 0.4) is 0 Å². The van der Waals surface area contributed by atoms with Crippen LogP contribution in [0.25, 0.3) is 0 Å². The van der Waals surface area contributed by atoms with Gasteiger partial charge in [-0.25, -0.2) is 9.97 Å². The Morgan fingerprint density at radius 1 is 1.26 bits per heavy atom. The molecule has 0 atom stereocenters. The third-order valence-corrected chi connectivity index (χ3v) is 3.70. The van der Waals surface area contributed by atoms with Gasteiger partial charge in [0, 0.05) is 31.4 Å². The van der Waals surface area contributed by atoms with Gasteiger partial charge >= 0.3 is 0 Å². The Balaban J connectivity index is 2.23. The molecule has 19 heavy (non-hydrogen) atoms. The number of nitrogens with one attached hydrogen (secondary N) is 2. The molecular formula is C14H24N4O. The second-order valence-electron chi connectivity index (χ2n) is 5.35. The van der Waals surface area contributed by atoms with Gasteiger partial charge in [0.25, 0.3) is 0 Å². The summed E-state index contributed by atoms with van der Waals surface area (Å²) >= 11 is 0. The zero-order chi connectivity index (χ0) is 13.7. The van der Waals surface area contributed by atoms with Crippen molar-refractivity contribution in [2.24, 2.45) is 0 Å². The summed E-state index contributed by atoms with van der Waals surface area (Å²) in [4.78, 5) is 8.75. The summed E-state index contributed by atoms with van der Waals surface area (Å²) in [5, 5.41) is 6.77. The molecule has 1 aromatic heterocycles. The Labute approximate surface area is 115 Å². The lowest BCUT2D eigenvalue weighted by atomic mass is 9.92. The van der Waals surface area contributed by atoms with Crippen LogP contribution in [-0.2, 0) is 11.2 Å². The average Bonchev–Trinajstić information content (AvgIpc) is 2.41. The lowest BCUT2D eigenvalue weighted by Gasteiger charge is -2.35. The normalized spacial score (nSPS) is 18.1. The first kappa shape index (κ1) is 14.1. The van der Waals surface area contributed by atoms with Gasteiger partial charge in [0.05, 0.1) is 0 Å². The Bertz CT molecular complexity index is 416. The molecule has 5 nitrogen and oxygen atoms in total.